The Labute approximate surface area is 123 Å². The van der Waals surface area contributed by atoms with Crippen molar-refractivity contribution < 1.29 is 14.8 Å². The second kappa shape index (κ2) is 6.37. The molecule has 2 aromatic rings. The van der Waals surface area contributed by atoms with Crippen LogP contribution in [0, 0.1) is 24.0 Å². The zero-order valence-electron chi connectivity index (χ0n) is 12.0. The normalized spacial score (nSPS) is 10.4. The number of aliphatic hydroxyl groups excluding tert-OH is 1. The topological polar surface area (TPSA) is 72.6 Å². The standard InChI is InChI=1S/C16H17NO4/c1-11-3-4-12(2)14(7-11)10-21-16-6-5-15(17(19)20)8-13(16)9-18/h3-8,18H,9-10H2,1-2H3. The van der Waals surface area contributed by atoms with Gasteiger partial charge in [0.15, 0.2) is 0 Å². The maximum Gasteiger partial charge on any atom is 0.270 e. The number of aliphatic hydroxyl groups is 1. The fourth-order valence-corrected chi connectivity index (χ4v) is 2.06. The first-order valence-electron chi connectivity index (χ1n) is 6.58. The highest BCUT2D eigenvalue weighted by molar-refractivity contribution is 5.43. The monoisotopic (exact) mass is 287 g/mol. The van der Waals surface area contributed by atoms with Crippen molar-refractivity contribution in [2.75, 3.05) is 0 Å². The highest BCUT2D eigenvalue weighted by atomic mass is 16.6. The predicted molar refractivity (Wildman–Crippen MR) is 79.3 cm³/mol. The highest BCUT2D eigenvalue weighted by Gasteiger charge is 2.11. The van der Waals surface area contributed by atoms with Gasteiger partial charge in [-0.25, -0.2) is 0 Å². The number of non-ortho nitro benzene ring substituents is 1. The fourth-order valence-electron chi connectivity index (χ4n) is 2.06. The lowest BCUT2D eigenvalue weighted by Crippen LogP contribution is -2.01. The van der Waals surface area contributed by atoms with E-state index in [1.54, 1.807) is 0 Å². The summed E-state index contributed by atoms with van der Waals surface area (Å²) < 4.78 is 5.70. The molecule has 0 heterocycles. The van der Waals surface area contributed by atoms with Crippen molar-refractivity contribution in [1.82, 2.24) is 0 Å². The molecule has 21 heavy (non-hydrogen) atoms. The van der Waals surface area contributed by atoms with Gasteiger partial charge in [-0.1, -0.05) is 23.8 Å². The van der Waals surface area contributed by atoms with Gasteiger partial charge in [0.2, 0.25) is 0 Å². The predicted octanol–water partition coefficient (Wildman–Crippen LogP) is 3.28. The van der Waals surface area contributed by atoms with E-state index in [0.29, 0.717) is 17.9 Å². The summed E-state index contributed by atoms with van der Waals surface area (Å²) in [7, 11) is 0. The number of aryl methyl sites for hydroxylation is 2. The summed E-state index contributed by atoms with van der Waals surface area (Å²) in [5.74, 6) is 0.462. The third-order valence-corrected chi connectivity index (χ3v) is 3.31. The molecular weight excluding hydrogens is 270 g/mol. The molecule has 0 saturated carbocycles. The van der Waals surface area contributed by atoms with Gasteiger partial charge >= 0.3 is 0 Å². The van der Waals surface area contributed by atoms with Crippen LogP contribution in [0.4, 0.5) is 5.69 Å². The molecule has 0 saturated heterocycles. The molecule has 2 aromatic carbocycles. The summed E-state index contributed by atoms with van der Waals surface area (Å²) in [4.78, 5) is 10.2. The van der Waals surface area contributed by atoms with Crippen molar-refractivity contribution in [2.45, 2.75) is 27.1 Å². The summed E-state index contributed by atoms with van der Waals surface area (Å²) in [6, 6.07) is 10.3. The molecule has 1 N–H and O–H groups in total. The van der Waals surface area contributed by atoms with E-state index in [9.17, 15) is 15.2 Å². The maximum absolute atomic E-state index is 10.7. The Bertz CT molecular complexity index is 667. The third-order valence-electron chi connectivity index (χ3n) is 3.31. The largest absolute Gasteiger partial charge is 0.489 e. The zero-order valence-corrected chi connectivity index (χ0v) is 12.0. The SMILES string of the molecule is Cc1ccc(C)c(COc2ccc([N+](=O)[O-])cc2CO)c1. The molecule has 0 amide bonds. The van der Waals surface area contributed by atoms with Crippen LogP contribution in [0.25, 0.3) is 0 Å². The Morgan fingerprint density at radius 2 is 1.90 bits per heavy atom. The quantitative estimate of drug-likeness (QED) is 0.676. The molecule has 0 aromatic heterocycles. The van der Waals surface area contributed by atoms with Crippen molar-refractivity contribution in [2.24, 2.45) is 0 Å². The molecule has 0 aliphatic rings. The van der Waals surface area contributed by atoms with Crippen LogP contribution in [0.3, 0.4) is 0 Å². The average molecular weight is 287 g/mol. The number of nitrogens with zero attached hydrogens (tertiary/aromatic N) is 1. The first-order valence-corrected chi connectivity index (χ1v) is 6.58. The van der Waals surface area contributed by atoms with Crippen molar-refractivity contribution in [1.29, 1.82) is 0 Å². The zero-order chi connectivity index (χ0) is 15.4. The Morgan fingerprint density at radius 1 is 1.14 bits per heavy atom. The second-order valence-electron chi connectivity index (χ2n) is 4.93. The molecule has 5 nitrogen and oxygen atoms in total. The van der Waals surface area contributed by atoms with E-state index in [-0.39, 0.29) is 12.3 Å². The molecule has 0 spiro atoms. The lowest BCUT2D eigenvalue weighted by Gasteiger charge is -2.12. The Balaban J connectivity index is 2.19. The van der Waals surface area contributed by atoms with Gasteiger partial charge < -0.3 is 9.84 Å². The van der Waals surface area contributed by atoms with E-state index in [1.807, 2.05) is 32.0 Å². The molecule has 0 fully saturated rings. The molecular formula is C16H17NO4. The van der Waals surface area contributed by atoms with Gasteiger partial charge in [0.1, 0.15) is 12.4 Å². The Morgan fingerprint density at radius 3 is 2.57 bits per heavy atom. The van der Waals surface area contributed by atoms with Crippen molar-refractivity contribution in [3.8, 4) is 5.75 Å². The summed E-state index contributed by atoms with van der Waals surface area (Å²) in [6.07, 6.45) is 0. The molecule has 0 unspecified atom stereocenters. The highest BCUT2D eigenvalue weighted by Crippen LogP contribution is 2.25. The minimum Gasteiger partial charge on any atom is -0.489 e. The van der Waals surface area contributed by atoms with Gasteiger partial charge in [-0.3, -0.25) is 10.1 Å². The van der Waals surface area contributed by atoms with Gasteiger partial charge in [-0.2, -0.15) is 0 Å². The fraction of sp³-hybridized carbons (Fsp3) is 0.250. The number of ether oxygens (including phenoxy) is 1. The Kier molecular flexibility index (Phi) is 4.55. The Hall–Kier alpha value is -2.40. The van der Waals surface area contributed by atoms with Crippen LogP contribution in [-0.4, -0.2) is 10.0 Å². The summed E-state index contributed by atoms with van der Waals surface area (Å²) in [5.41, 5.74) is 3.67. The van der Waals surface area contributed by atoms with Gasteiger partial charge in [0.25, 0.3) is 5.69 Å². The molecule has 110 valence electrons. The first-order chi connectivity index (χ1) is 10.0. The number of nitro groups is 1. The molecule has 0 bridgehead atoms. The number of rotatable bonds is 5. The van der Waals surface area contributed by atoms with E-state index >= 15 is 0 Å². The summed E-state index contributed by atoms with van der Waals surface area (Å²) in [6.45, 7) is 4.07. The van der Waals surface area contributed by atoms with Crippen LogP contribution in [0.2, 0.25) is 0 Å². The van der Waals surface area contributed by atoms with Crippen LogP contribution in [0.1, 0.15) is 22.3 Å². The van der Waals surface area contributed by atoms with Gasteiger partial charge in [-0.15, -0.1) is 0 Å². The minimum absolute atomic E-state index is 0.0573. The van der Waals surface area contributed by atoms with E-state index in [2.05, 4.69) is 0 Å². The summed E-state index contributed by atoms with van der Waals surface area (Å²) in [5, 5.41) is 20.0. The molecule has 0 atom stereocenters. The molecule has 5 heteroatoms. The van der Waals surface area contributed by atoms with E-state index < -0.39 is 4.92 Å². The van der Waals surface area contributed by atoms with Crippen molar-refractivity contribution >= 4 is 5.69 Å². The smallest absolute Gasteiger partial charge is 0.270 e. The molecule has 0 aliphatic carbocycles. The molecule has 2 rings (SSSR count). The van der Waals surface area contributed by atoms with Crippen molar-refractivity contribution in [3.63, 3.8) is 0 Å². The van der Waals surface area contributed by atoms with Crippen LogP contribution in [-0.2, 0) is 13.2 Å². The lowest BCUT2D eigenvalue weighted by atomic mass is 10.1. The lowest BCUT2D eigenvalue weighted by molar-refractivity contribution is -0.385. The number of benzene rings is 2. The average Bonchev–Trinajstić information content (AvgIpc) is 2.47. The van der Waals surface area contributed by atoms with Gasteiger partial charge in [-0.05, 0) is 31.0 Å². The van der Waals surface area contributed by atoms with Crippen LogP contribution in [0.5, 0.6) is 5.75 Å². The molecule has 0 aliphatic heterocycles. The van der Waals surface area contributed by atoms with Gasteiger partial charge in [0, 0.05) is 17.7 Å². The van der Waals surface area contributed by atoms with Crippen LogP contribution in [0.15, 0.2) is 36.4 Å². The minimum atomic E-state index is -0.492. The number of hydrogen-bond donors (Lipinski definition) is 1. The molecule has 0 radical (unpaired) electrons. The summed E-state index contributed by atoms with van der Waals surface area (Å²) >= 11 is 0. The number of hydrogen-bond acceptors (Lipinski definition) is 4. The maximum atomic E-state index is 10.7. The van der Waals surface area contributed by atoms with E-state index in [4.69, 9.17) is 4.74 Å². The first kappa shape index (κ1) is 15.0. The van der Waals surface area contributed by atoms with E-state index in [1.165, 1.54) is 18.2 Å². The van der Waals surface area contributed by atoms with Gasteiger partial charge in [0.05, 0.1) is 11.5 Å². The van der Waals surface area contributed by atoms with Crippen LogP contribution < -0.4 is 4.74 Å². The second-order valence-corrected chi connectivity index (χ2v) is 4.93. The van der Waals surface area contributed by atoms with Crippen LogP contribution >= 0.6 is 0 Å². The van der Waals surface area contributed by atoms with Crippen molar-refractivity contribution in [3.05, 3.63) is 68.8 Å². The third kappa shape index (κ3) is 3.58. The number of nitro benzene ring substituents is 1. The van der Waals surface area contributed by atoms with E-state index in [0.717, 1.165) is 16.7 Å².